The van der Waals surface area contributed by atoms with E-state index >= 15 is 0 Å². The highest BCUT2D eigenvalue weighted by atomic mass is 35.5. The van der Waals surface area contributed by atoms with Gasteiger partial charge in [0.25, 0.3) is 6.47 Å². The summed E-state index contributed by atoms with van der Waals surface area (Å²) in [4.78, 5) is 17.3. The Hall–Kier alpha value is -2.52. The van der Waals surface area contributed by atoms with E-state index in [1.807, 2.05) is 57.2 Å². The van der Waals surface area contributed by atoms with Crippen molar-refractivity contribution >= 4 is 34.7 Å². The van der Waals surface area contributed by atoms with E-state index in [4.69, 9.17) is 11.6 Å². The molecule has 1 unspecified atom stereocenters. The van der Waals surface area contributed by atoms with Gasteiger partial charge in [0.05, 0.1) is 23.6 Å². The van der Waals surface area contributed by atoms with Gasteiger partial charge in [-0.1, -0.05) is 35.5 Å². The maximum Gasteiger partial charge on any atom is 0.293 e. The van der Waals surface area contributed by atoms with E-state index in [1.165, 1.54) is 34.7 Å². The largest absolute Gasteiger partial charge is 0.462 e. The van der Waals surface area contributed by atoms with Crippen molar-refractivity contribution in [1.82, 2.24) is 25.1 Å². The van der Waals surface area contributed by atoms with Gasteiger partial charge in [0.2, 0.25) is 0 Å². The SMILES string of the molecule is CC(C)(C)OC=O.CN1CCNCC1.Cn1cncc1SC1=CC2=CC=CNC2Cc2ccc(Cl)cc21. The van der Waals surface area contributed by atoms with Gasteiger partial charge >= 0.3 is 0 Å². The predicted molar refractivity (Wildman–Crippen MR) is 154 cm³/mol. The molecule has 0 amide bonds. The summed E-state index contributed by atoms with van der Waals surface area (Å²) in [5, 5.41) is 8.61. The van der Waals surface area contributed by atoms with Gasteiger partial charge in [0.15, 0.2) is 0 Å². The third-order valence-corrected chi connectivity index (χ3v) is 7.27. The normalized spacial score (nSPS) is 18.7. The number of imidazole rings is 1. The first-order valence-corrected chi connectivity index (χ1v) is 13.6. The lowest BCUT2D eigenvalue weighted by Crippen LogP contribution is -2.40. The summed E-state index contributed by atoms with van der Waals surface area (Å²) in [6.07, 6.45) is 13.2. The molecule has 5 rings (SSSR count). The molecule has 1 aliphatic carbocycles. The van der Waals surface area contributed by atoms with Crippen LogP contribution in [0.5, 0.6) is 0 Å². The molecule has 1 aromatic carbocycles. The van der Waals surface area contributed by atoms with Crippen LogP contribution >= 0.6 is 23.4 Å². The van der Waals surface area contributed by atoms with Crippen LogP contribution in [0.15, 0.2) is 65.8 Å². The lowest BCUT2D eigenvalue weighted by atomic mass is 9.98. The molecular weight excluding hydrogens is 506 g/mol. The first-order chi connectivity index (χ1) is 17.7. The fourth-order valence-electron chi connectivity index (χ4n) is 3.84. The van der Waals surface area contributed by atoms with Gasteiger partial charge in [0.1, 0.15) is 5.60 Å². The second-order valence-electron chi connectivity index (χ2n) is 10.1. The molecule has 7 nitrogen and oxygen atoms in total. The molecule has 0 radical (unpaired) electrons. The topological polar surface area (TPSA) is 71.4 Å². The van der Waals surface area contributed by atoms with E-state index in [9.17, 15) is 4.79 Å². The fourth-order valence-corrected chi connectivity index (χ4v) is 5.03. The Morgan fingerprint density at radius 1 is 1.22 bits per heavy atom. The molecule has 2 aliphatic heterocycles. The molecule has 0 bridgehead atoms. The number of carbonyl (C=O) groups excluding carboxylic acids is 1. The molecule has 1 saturated heterocycles. The van der Waals surface area contributed by atoms with E-state index in [2.05, 4.69) is 62.7 Å². The molecule has 1 aromatic heterocycles. The number of fused-ring (bicyclic) bond motifs is 2. The minimum absolute atomic E-state index is 0.310. The van der Waals surface area contributed by atoms with E-state index in [0.29, 0.717) is 12.5 Å². The van der Waals surface area contributed by atoms with Crippen LogP contribution in [0.3, 0.4) is 0 Å². The predicted octanol–water partition coefficient (Wildman–Crippen LogP) is 4.65. The molecule has 200 valence electrons. The molecule has 1 fully saturated rings. The number of likely N-dealkylation sites (N-methyl/N-ethyl adjacent to an activating group) is 1. The number of allylic oxidation sites excluding steroid dienone is 2. The van der Waals surface area contributed by atoms with Crippen LogP contribution in [0.4, 0.5) is 0 Å². The summed E-state index contributed by atoms with van der Waals surface area (Å²) in [7, 11) is 4.17. The van der Waals surface area contributed by atoms with Crippen LogP contribution in [-0.4, -0.2) is 65.8 Å². The van der Waals surface area contributed by atoms with Crippen molar-refractivity contribution in [2.24, 2.45) is 7.05 Å². The maximum absolute atomic E-state index is 9.60. The van der Waals surface area contributed by atoms with Crippen LogP contribution in [0, 0.1) is 0 Å². The molecule has 0 spiro atoms. The van der Waals surface area contributed by atoms with Crippen molar-refractivity contribution in [1.29, 1.82) is 0 Å². The van der Waals surface area contributed by atoms with Crippen molar-refractivity contribution in [2.45, 2.75) is 43.9 Å². The Morgan fingerprint density at radius 2 is 1.97 bits per heavy atom. The first kappa shape index (κ1) is 29.0. The van der Waals surface area contributed by atoms with Crippen molar-refractivity contribution in [3.8, 4) is 0 Å². The Kier molecular flexibility index (Phi) is 10.9. The van der Waals surface area contributed by atoms with Gasteiger partial charge in [-0.05, 0) is 81.4 Å². The van der Waals surface area contributed by atoms with Crippen molar-refractivity contribution in [2.75, 3.05) is 33.2 Å². The Morgan fingerprint density at radius 3 is 2.54 bits per heavy atom. The number of nitrogens with one attached hydrogen (secondary N) is 2. The summed E-state index contributed by atoms with van der Waals surface area (Å²) < 4.78 is 6.58. The van der Waals surface area contributed by atoms with Gasteiger partial charge in [-0.2, -0.15) is 0 Å². The number of rotatable bonds is 3. The Bertz CT molecular complexity index is 1130. The van der Waals surface area contributed by atoms with Gasteiger partial charge < -0.3 is 24.8 Å². The van der Waals surface area contributed by atoms with E-state index in [0.717, 1.165) is 29.6 Å². The highest BCUT2D eigenvalue weighted by Gasteiger charge is 2.23. The van der Waals surface area contributed by atoms with Gasteiger partial charge in [-0.3, -0.25) is 4.79 Å². The molecule has 2 aromatic rings. The van der Waals surface area contributed by atoms with E-state index in [1.54, 1.807) is 11.8 Å². The zero-order chi connectivity index (χ0) is 26.8. The number of aryl methyl sites for hydroxylation is 1. The molecule has 3 heterocycles. The van der Waals surface area contributed by atoms with Crippen molar-refractivity contribution in [3.63, 3.8) is 0 Å². The number of aromatic nitrogens is 2. The Balaban J connectivity index is 0.000000223. The third kappa shape index (κ3) is 9.38. The van der Waals surface area contributed by atoms with E-state index < -0.39 is 0 Å². The lowest BCUT2D eigenvalue weighted by molar-refractivity contribution is -0.138. The minimum atomic E-state index is -0.318. The molecular formula is C28H38ClN5O2S. The number of thioether (sulfide) groups is 1. The summed E-state index contributed by atoms with van der Waals surface area (Å²) in [6.45, 7) is 10.7. The number of dihydropyridines is 1. The molecule has 37 heavy (non-hydrogen) atoms. The lowest BCUT2D eigenvalue weighted by Gasteiger charge is -2.21. The average molecular weight is 544 g/mol. The fraction of sp³-hybridized carbons (Fsp3) is 0.429. The average Bonchev–Trinajstić information content (AvgIpc) is 3.18. The number of hydrogen-bond donors (Lipinski definition) is 2. The second-order valence-corrected chi connectivity index (χ2v) is 11.6. The van der Waals surface area contributed by atoms with Crippen LogP contribution in [-0.2, 0) is 23.0 Å². The maximum atomic E-state index is 9.60. The number of piperazine rings is 1. The summed E-state index contributed by atoms with van der Waals surface area (Å²) >= 11 is 7.99. The second kappa shape index (κ2) is 13.9. The highest BCUT2D eigenvalue weighted by molar-refractivity contribution is 8.08. The summed E-state index contributed by atoms with van der Waals surface area (Å²) in [6, 6.07) is 6.49. The Labute approximate surface area is 230 Å². The van der Waals surface area contributed by atoms with Crippen molar-refractivity contribution in [3.05, 3.63) is 76.9 Å². The van der Waals surface area contributed by atoms with Crippen LogP contribution < -0.4 is 10.6 Å². The van der Waals surface area contributed by atoms with Crippen LogP contribution in [0.2, 0.25) is 5.02 Å². The zero-order valence-electron chi connectivity index (χ0n) is 22.3. The van der Waals surface area contributed by atoms with Gasteiger partial charge in [0, 0.05) is 43.2 Å². The van der Waals surface area contributed by atoms with Crippen molar-refractivity contribution < 1.29 is 9.53 Å². The number of ether oxygens (including phenoxy) is 1. The highest BCUT2D eigenvalue weighted by Crippen LogP contribution is 2.40. The van der Waals surface area contributed by atoms with Crippen LogP contribution in [0.1, 0.15) is 31.9 Å². The zero-order valence-corrected chi connectivity index (χ0v) is 23.9. The smallest absolute Gasteiger partial charge is 0.293 e. The molecule has 3 aliphatic rings. The third-order valence-electron chi connectivity index (χ3n) is 5.87. The summed E-state index contributed by atoms with van der Waals surface area (Å²) in [5.41, 5.74) is 3.50. The number of benzene rings is 1. The molecule has 2 N–H and O–H groups in total. The van der Waals surface area contributed by atoms with Gasteiger partial charge in [-0.25, -0.2) is 4.98 Å². The number of nitrogens with zero attached hydrogens (tertiary/aromatic N) is 3. The van der Waals surface area contributed by atoms with Gasteiger partial charge in [-0.15, -0.1) is 0 Å². The number of carbonyl (C=O) groups is 1. The van der Waals surface area contributed by atoms with E-state index in [-0.39, 0.29) is 5.60 Å². The monoisotopic (exact) mass is 543 g/mol. The number of halogens is 1. The standard InChI is InChI=1S/C18H16ClN3S.C5H12N2.C5H10O2/c1-22-11-20-10-18(22)23-17-8-13-3-2-6-21-16(13)7-12-4-5-14(19)9-15(12)17;1-7-4-2-6-3-5-7;1-5(2,3)7-4-6/h2-6,8-11,16,21H,7H2,1H3;6H,2-5H2,1H3;4H,1-3H3. The quantitative estimate of drug-likeness (QED) is 0.546. The first-order valence-electron chi connectivity index (χ1n) is 12.4. The van der Waals surface area contributed by atoms with Crippen LogP contribution in [0.25, 0.3) is 4.91 Å². The minimum Gasteiger partial charge on any atom is -0.462 e. The molecule has 9 heteroatoms. The molecule has 0 saturated carbocycles. The molecule has 1 atom stereocenters. The number of hydrogen-bond acceptors (Lipinski definition) is 7. The summed E-state index contributed by atoms with van der Waals surface area (Å²) in [5.74, 6) is 0.